The molecule has 8 heteroatoms. The van der Waals surface area contributed by atoms with E-state index in [2.05, 4.69) is 11.8 Å². The van der Waals surface area contributed by atoms with Gasteiger partial charge in [-0.15, -0.1) is 0 Å². The molecule has 2 aliphatic rings. The molecule has 52 heavy (non-hydrogen) atoms. The van der Waals surface area contributed by atoms with Gasteiger partial charge in [0, 0.05) is 24.1 Å². The van der Waals surface area contributed by atoms with Gasteiger partial charge < -0.3 is 19.7 Å². The third kappa shape index (κ3) is 7.08. The van der Waals surface area contributed by atoms with E-state index in [1.165, 1.54) is 4.90 Å². The van der Waals surface area contributed by atoms with E-state index in [0.717, 1.165) is 38.9 Å². The highest BCUT2D eigenvalue weighted by Gasteiger charge is 2.40. The van der Waals surface area contributed by atoms with Crippen LogP contribution in [0.5, 0.6) is 0 Å². The van der Waals surface area contributed by atoms with Crippen molar-refractivity contribution in [1.82, 2.24) is 9.80 Å². The fraction of sp³-hybridized carbons (Fsp3) is 0.273. The zero-order valence-corrected chi connectivity index (χ0v) is 29.6. The average molecular weight is 697 g/mol. The maximum atomic E-state index is 13.1. The van der Waals surface area contributed by atoms with Crippen LogP contribution in [0.25, 0.3) is 11.1 Å². The molecule has 1 saturated heterocycles. The van der Waals surface area contributed by atoms with Crippen molar-refractivity contribution >= 4 is 11.8 Å². The minimum Gasteiger partial charge on any atom is -0.392 e. The molecule has 7 rings (SSSR count). The Balaban J connectivity index is 1.13. The number of aliphatic hydroxyl groups excluding tert-OH is 2. The Kier molecular flexibility index (Phi) is 10.5. The third-order valence-corrected chi connectivity index (χ3v) is 10.6. The number of hydrogen-bond acceptors (Lipinski definition) is 7. The molecular weight excluding hydrogens is 652 g/mol. The minimum absolute atomic E-state index is 0.0203. The molecule has 8 nitrogen and oxygen atoms in total. The molecule has 2 amide bonds. The van der Waals surface area contributed by atoms with Crippen LogP contribution in [-0.4, -0.2) is 57.6 Å². The number of nitrogens with zero attached hydrogens (tertiary/aromatic N) is 2. The number of ether oxygens (including phenoxy) is 2. The Labute approximate surface area is 304 Å². The molecule has 0 spiro atoms. The van der Waals surface area contributed by atoms with Crippen LogP contribution in [0, 0.1) is 5.92 Å². The van der Waals surface area contributed by atoms with Crippen molar-refractivity contribution in [2.75, 3.05) is 13.6 Å². The monoisotopic (exact) mass is 696 g/mol. The number of amides is 2. The van der Waals surface area contributed by atoms with Crippen LogP contribution < -0.4 is 0 Å². The quantitative estimate of drug-likeness (QED) is 0.138. The van der Waals surface area contributed by atoms with E-state index >= 15 is 0 Å². The first-order valence-corrected chi connectivity index (χ1v) is 17.8. The zero-order chi connectivity index (χ0) is 36.4. The molecule has 1 fully saturated rings. The van der Waals surface area contributed by atoms with Crippen LogP contribution in [0.2, 0.25) is 0 Å². The number of aliphatic hydroxyl groups is 2. The number of imide groups is 1. The lowest BCUT2D eigenvalue weighted by molar-refractivity contribution is -0.276. The summed E-state index contributed by atoms with van der Waals surface area (Å²) >= 11 is 0. The lowest BCUT2D eigenvalue weighted by Crippen LogP contribution is -2.46. The van der Waals surface area contributed by atoms with Crippen molar-refractivity contribution in [2.45, 2.75) is 57.6 Å². The standard InChI is InChI=1S/C44H44N2O6/c1-28-39(26-45(3)29(2)40(48)32-11-5-4-6-12-32)51-44(52-41(28)33-19-17-30(27-47)18-20-33)34-23-21-31(22-24-34)36-14-8-7-13-35(36)25-46-42(49)37-15-9-10-16-38(37)43(46)50/h4-24,28-29,39-41,44,47-48H,25-27H2,1-3H3/t28-,29-,39+,40-,41+,44+/m0/s1. The molecule has 266 valence electrons. The van der Waals surface area contributed by atoms with Crippen molar-refractivity contribution in [3.05, 3.63) is 166 Å². The van der Waals surface area contributed by atoms with Crippen molar-refractivity contribution in [3.63, 3.8) is 0 Å². The molecule has 0 radical (unpaired) electrons. The van der Waals surface area contributed by atoms with Gasteiger partial charge in [0.15, 0.2) is 6.29 Å². The summed E-state index contributed by atoms with van der Waals surface area (Å²) < 4.78 is 13.4. The Bertz CT molecular complexity index is 1980. The number of fused-ring (bicyclic) bond motifs is 1. The SMILES string of the molecule is C[C@H]1[C@@H](CN(C)[C@@H](C)[C@H](O)c2ccccc2)O[C@@H](c2ccc(-c3ccccc3CN3C(=O)c4ccccc4C3=O)cc2)O[C@H]1c1ccc(CO)cc1. The third-order valence-electron chi connectivity index (χ3n) is 10.6. The predicted octanol–water partition coefficient (Wildman–Crippen LogP) is 7.49. The number of benzene rings is 5. The highest BCUT2D eigenvalue weighted by molar-refractivity contribution is 6.21. The first-order valence-electron chi connectivity index (χ1n) is 17.8. The van der Waals surface area contributed by atoms with Gasteiger partial charge in [-0.3, -0.25) is 19.4 Å². The normalized spacial score (nSPS) is 21.3. The summed E-state index contributed by atoms with van der Waals surface area (Å²) in [6.45, 7) is 4.86. The summed E-state index contributed by atoms with van der Waals surface area (Å²) in [6, 6.07) is 40.2. The molecule has 2 heterocycles. The van der Waals surface area contributed by atoms with E-state index in [4.69, 9.17) is 9.47 Å². The Morgan fingerprint density at radius 3 is 1.94 bits per heavy atom. The first kappa shape index (κ1) is 35.4. The van der Waals surface area contributed by atoms with Crippen molar-refractivity contribution < 1.29 is 29.3 Å². The van der Waals surface area contributed by atoms with Gasteiger partial charge in [0.05, 0.1) is 42.6 Å². The molecular formula is C44H44N2O6. The van der Waals surface area contributed by atoms with Gasteiger partial charge in [-0.25, -0.2) is 0 Å². The highest BCUT2D eigenvalue weighted by atomic mass is 16.7. The number of rotatable bonds is 11. The van der Waals surface area contributed by atoms with Crippen LogP contribution in [0.1, 0.15) is 80.9 Å². The second-order valence-electron chi connectivity index (χ2n) is 13.9. The van der Waals surface area contributed by atoms with Gasteiger partial charge in [-0.1, -0.05) is 122 Å². The number of carbonyl (C=O) groups is 2. The largest absolute Gasteiger partial charge is 0.392 e. The summed E-state index contributed by atoms with van der Waals surface area (Å²) in [5.74, 6) is -0.583. The highest BCUT2D eigenvalue weighted by Crippen LogP contribution is 2.42. The van der Waals surface area contributed by atoms with Gasteiger partial charge in [-0.05, 0) is 59.5 Å². The maximum absolute atomic E-state index is 13.1. The Hall–Kier alpha value is -4.96. The van der Waals surface area contributed by atoms with E-state index in [-0.39, 0.29) is 49.1 Å². The van der Waals surface area contributed by atoms with E-state index in [0.29, 0.717) is 17.7 Å². The molecule has 6 atom stereocenters. The lowest BCUT2D eigenvalue weighted by atomic mass is 9.89. The topological polar surface area (TPSA) is 99.5 Å². The van der Waals surface area contributed by atoms with Gasteiger partial charge in [0.1, 0.15) is 0 Å². The van der Waals surface area contributed by atoms with Crippen LogP contribution in [0.3, 0.4) is 0 Å². The van der Waals surface area contributed by atoms with Crippen molar-refractivity contribution in [1.29, 1.82) is 0 Å². The average Bonchev–Trinajstić information content (AvgIpc) is 3.43. The Morgan fingerprint density at radius 1 is 0.731 bits per heavy atom. The minimum atomic E-state index is -0.661. The smallest absolute Gasteiger partial charge is 0.261 e. The summed E-state index contributed by atoms with van der Waals surface area (Å²) in [5, 5.41) is 20.8. The lowest BCUT2D eigenvalue weighted by Gasteiger charge is -2.43. The fourth-order valence-corrected chi connectivity index (χ4v) is 7.26. The number of likely N-dealkylation sites (N-methyl/N-ethyl adjacent to an activating group) is 1. The molecule has 2 aliphatic heterocycles. The van der Waals surface area contributed by atoms with Crippen LogP contribution in [0.15, 0.2) is 127 Å². The second kappa shape index (κ2) is 15.3. The fourth-order valence-electron chi connectivity index (χ4n) is 7.26. The molecule has 2 N–H and O–H groups in total. The molecule has 0 unspecified atom stereocenters. The van der Waals surface area contributed by atoms with Crippen LogP contribution >= 0.6 is 0 Å². The van der Waals surface area contributed by atoms with Crippen LogP contribution in [-0.2, 0) is 22.6 Å². The van der Waals surface area contributed by atoms with E-state index in [1.54, 1.807) is 24.3 Å². The van der Waals surface area contributed by atoms with E-state index in [1.807, 2.05) is 117 Å². The zero-order valence-electron chi connectivity index (χ0n) is 29.6. The van der Waals surface area contributed by atoms with Crippen molar-refractivity contribution in [2.24, 2.45) is 5.92 Å². The molecule has 0 aromatic heterocycles. The van der Waals surface area contributed by atoms with Crippen molar-refractivity contribution in [3.8, 4) is 11.1 Å². The van der Waals surface area contributed by atoms with E-state index < -0.39 is 12.4 Å². The first-order chi connectivity index (χ1) is 25.2. The van der Waals surface area contributed by atoms with Crippen LogP contribution in [0.4, 0.5) is 0 Å². The summed E-state index contributed by atoms with van der Waals surface area (Å²) in [4.78, 5) is 29.7. The molecule has 0 saturated carbocycles. The predicted molar refractivity (Wildman–Crippen MR) is 199 cm³/mol. The second-order valence-corrected chi connectivity index (χ2v) is 13.9. The number of carbonyl (C=O) groups excluding carboxylic acids is 2. The van der Waals surface area contributed by atoms with Gasteiger partial charge in [-0.2, -0.15) is 0 Å². The van der Waals surface area contributed by atoms with Gasteiger partial charge in [0.2, 0.25) is 0 Å². The molecule has 5 aromatic rings. The summed E-state index contributed by atoms with van der Waals surface area (Å²) in [5.41, 5.74) is 7.16. The van der Waals surface area contributed by atoms with E-state index in [9.17, 15) is 19.8 Å². The van der Waals surface area contributed by atoms with Gasteiger partial charge in [0.25, 0.3) is 11.8 Å². The maximum Gasteiger partial charge on any atom is 0.261 e. The van der Waals surface area contributed by atoms with Gasteiger partial charge >= 0.3 is 0 Å². The number of hydrogen-bond donors (Lipinski definition) is 2. The molecule has 0 aliphatic carbocycles. The summed E-state index contributed by atoms with van der Waals surface area (Å²) in [6.07, 6.45) is -1.82. The summed E-state index contributed by atoms with van der Waals surface area (Å²) in [7, 11) is 2.01. The Morgan fingerprint density at radius 2 is 1.31 bits per heavy atom. The molecule has 5 aromatic carbocycles. The molecule has 0 bridgehead atoms.